The van der Waals surface area contributed by atoms with Crippen molar-refractivity contribution >= 4 is 23.2 Å². The van der Waals surface area contributed by atoms with Gasteiger partial charge in [-0.3, -0.25) is 9.47 Å². The van der Waals surface area contributed by atoms with Crippen molar-refractivity contribution in [2.75, 3.05) is 32.7 Å². The highest BCUT2D eigenvalue weighted by Crippen LogP contribution is 2.34. The van der Waals surface area contributed by atoms with Gasteiger partial charge >= 0.3 is 0 Å². The van der Waals surface area contributed by atoms with Crippen LogP contribution in [-0.4, -0.2) is 66.8 Å². The molecule has 2 aliphatic heterocycles. The Hall–Kier alpha value is -1.93. The quantitative estimate of drug-likeness (QED) is 0.512. The first-order valence-corrected chi connectivity index (χ1v) is 10.3. The van der Waals surface area contributed by atoms with Gasteiger partial charge in [-0.2, -0.15) is 5.10 Å². The zero-order valence-electron chi connectivity index (χ0n) is 15.6. The summed E-state index contributed by atoms with van der Waals surface area (Å²) in [7, 11) is 0. The molecule has 7 nitrogen and oxygen atoms in total. The Morgan fingerprint density at radius 2 is 1.86 bits per heavy atom. The van der Waals surface area contributed by atoms with Crippen LogP contribution in [0.25, 0.3) is 17.1 Å². The highest BCUT2D eigenvalue weighted by atomic mass is 35.5. The molecule has 146 valence electrons. The van der Waals surface area contributed by atoms with Gasteiger partial charge in [-0.25, -0.2) is 14.6 Å². The van der Waals surface area contributed by atoms with Crippen LogP contribution in [0.3, 0.4) is 0 Å². The van der Waals surface area contributed by atoms with Crippen LogP contribution in [0.15, 0.2) is 24.5 Å². The van der Waals surface area contributed by atoms with Gasteiger partial charge in [0.1, 0.15) is 6.33 Å². The predicted molar refractivity (Wildman–Crippen MR) is 109 cm³/mol. The molecule has 0 aliphatic carbocycles. The Morgan fingerprint density at radius 1 is 1.07 bits per heavy atom. The predicted octanol–water partition coefficient (Wildman–Crippen LogP) is 2.94. The van der Waals surface area contributed by atoms with E-state index >= 15 is 0 Å². The number of imidazole rings is 1. The van der Waals surface area contributed by atoms with E-state index in [-0.39, 0.29) is 0 Å². The molecule has 5 rings (SSSR count). The molecule has 9 heteroatoms. The van der Waals surface area contributed by atoms with E-state index in [0.29, 0.717) is 16.7 Å². The van der Waals surface area contributed by atoms with Crippen molar-refractivity contribution in [3.05, 3.63) is 46.2 Å². The molecule has 0 unspecified atom stereocenters. The summed E-state index contributed by atoms with van der Waals surface area (Å²) in [6.07, 6.45) is 1.74. The first-order chi connectivity index (χ1) is 13.6. The largest absolute Gasteiger partial charge is 0.301 e. The van der Waals surface area contributed by atoms with E-state index in [4.69, 9.17) is 33.3 Å². The van der Waals surface area contributed by atoms with Gasteiger partial charge in [0.15, 0.2) is 16.8 Å². The molecule has 0 spiro atoms. The summed E-state index contributed by atoms with van der Waals surface area (Å²) in [6.45, 7) is 8.86. The van der Waals surface area contributed by atoms with E-state index in [2.05, 4.69) is 21.7 Å². The highest BCUT2D eigenvalue weighted by Gasteiger charge is 2.26. The summed E-state index contributed by atoms with van der Waals surface area (Å²) in [5, 5.41) is 5.95. The molecule has 0 radical (unpaired) electrons. The van der Waals surface area contributed by atoms with Gasteiger partial charge in [-0.05, 0) is 24.7 Å². The van der Waals surface area contributed by atoms with Crippen molar-refractivity contribution in [2.24, 2.45) is 0 Å². The maximum atomic E-state index is 6.35. The molecule has 2 aromatic heterocycles. The second kappa shape index (κ2) is 7.15. The minimum atomic E-state index is 0.487. The zero-order valence-corrected chi connectivity index (χ0v) is 17.2. The summed E-state index contributed by atoms with van der Waals surface area (Å²) in [5.41, 5.74) is 2.81. The molecular formula is C19H21Cl2N7. The average molecular weight is 418 g/mol. The standard InChI is InChI=1S/C19H21Cl2N7/c1-2-25-5-7-26(8-6-25)11-17-23-19-14-9-13(20)3-4-15(14)27-12-22-18(21)16(27)10-28(19)24-17/h3-4,9,12H,2,5-8,10-11H2,1H3. The maximum Gasteiger partial charge on any atom is 0.165 e. The number of hydrogen-bond donors (Lipinski definition) is 0. The van der Waals surface area contributed by atoms with E-state index in [0.717, 1.165) is 67.9 Å². The number of likely N-dealkylation sites (N-methyl/N-ethyl adjacent to an activating group) is 1. The number of fused-ring (bicyclic) bond motifs is 5. The van der Waals surface area contributed by atoms with Gasteiger partial charge in [0, 0.05) is 36.8 Å². The Kier molecular flexibility index (Phi) is 4.63. The molecule has 0 N–H and O–H groups in total. The van der Waals surface area contributed by atoms with Gasteiger partial charge in [-0.15, -0.1) is 0 Å². The topological polar surface area (TPSA) is 55.0 Å². The monoisotopic (exact) mass is 417 g/mol. The first kappa shape index (κ1) is 18.1. The zero-order chi connectivity index (χ0) is 19.3. The Morgan fingerprint density at radius 3 is 2.64 bits per heavy atom. The van der Waals surface area contributed by atoms with Gasteiger partial charge in [0.25, 0.3) is 0 Å². The highest BCUT2D eigenvalue weighted by molar-refractivity contribution is 6.31. The van der Waals surface area contributed by atoms with Crippen LogP contribution in [0.5, 0.6) is 0 Å². The summed E-state index contributed by atoms with van der Waals surface area (Å²) in [6, 6.07) is 5.79. The van der Waals surface area contributed by atoms with Gasteiger partial charge < -0.3 is 4.90 Å². The van der Waals surface area contributed by atoms with Crippen LogP contribution in [-0.2, 0) is 13.1 Å². The van der Waals surface area contributed by atoms with Crippen molar-refractivity contribution in [3.63, 3.8) is 0 Å². The lowest BCUT2D eigenvalue weighted by Gasteiger charge is -2.33. The van der Waals surface area contributed by atoms with Gasteiger partial charge in [0.05, 0.1) is 24.5 Å². The van der Waals surface area contributed by atoms with Crippen molar-refractivity contribution in [1.82, 2.24) is 34.1 Å². The van der Waals surface area contributed by atoms with Crippen LogP contribution < -0.4 is 0 Å². The Balaban J connectivity index is 1.51. The van der Waals surface area contributed by atoms with E-state index < -0.39 is 0 Å². The third-order valence-corrected chi connectivity index (χ3v) is 6.12. The number of piperazine rings is 1. The number of hydrogen-bond acceptors (Lipinski definition) is 5. The van der Waals surface area contributed by atoms with Crippen LogP contribution in [0.1, 0.15) is 18.4 Å². The number of rotatable bonds is 3. The van der Waals surface area contributed by atoms with Crippen LogP contribution >= 0.6 is 23.2 Å². The second-order valence-electron chi connectivity index (χ2n) is 7.23. The van der Waals surface area contributed by atoms with Crippen LogP contribution in [0, 0.1) is 0 Å². The van der Waals surface area contributed by atoms with Crippen molar-refractivity contribution in [1.29, 1.82) is 0 Å². The van der Waals surface area contributed by atoms with Gasteiger partial charge in [0.2, 0.25) is 0 Å². The SMILES string of the molecule is CCN1CCN(Cc2nc3n(n2)Cc2c(Cl)ncn2-c2ccc(Cl)cc2-3)CC1. The molecule has 1 saturated heterocycles. The number of halogens is 2. The van der Waals surface area contributed by atoms with E-state index in [1.165, 1.54) is 0 Å². The molecule has 3 aromatic rings. The molecule has 0 bridgehead atoms. The molecule has 0 atom stereocenters. The Labute approximate surface area is 173 Å². The molecule has 0 amide bonds. The van der Waals surface area contributed by atoms with E-state index in [1.54, 1.807) is 6.33 Å². The average Bonchev–Trinajstić information content (AvgIpc) is 3.23. The molecule has 0 saturated carbocycles. The molecule has 4 heterocycles. The second-order valence-corrected chi connectivity index (χ2v) is 8.03. The van der Waals surface area contributed by atoms with Crippen molar-refractivity contribution < 1.29 is 0 Å². The lowest BCUT2D eigenvalue weighted by molar-refractivity contribution is 0.129. The van der Waals surface area contributed by atoms with Crippen LogP contribution in [0.2, 0.25) is 10.2 Å². The summed E-state index contributed by atoms with van der Waals surface area (Å²) in [5.74, 6) is 1.65. The van der Waals surface area contributed by atoms with E-state index in [1.807, 2.05) is 27.4 Å². The molecule has 28 heavy (non-hydrogen) atoms. The number of benzene rings is 1. The summed E-state index contributed by atoms with van der Waals surface area (Å²) < 4.78 is 3.91. The number of nitrogens with zero attached hydrogens (tertiary/aromatic N) is 7. The smallest absolute Gasteiger partial charge is 0.165 e. The minimum absolute atomic E-state index is 0.487. The minimum Gasteiger partial charge on any atom is -0.301 e. The van der Waals surface area contributed by atoms with Crippen molar-refractivity contribution in [2.45, 2.75) is 20.0 Å². The Bertz CT molecular complexity index is 1020. The van der Waals surface area contributed by atoms with Crippen LogP contribution in [0.4, 0.5) is 0 Å². The third kappa shape index (κ3) is 3.12. The first-order valence-electron chi connectivity index (χ1n) is 9.53. The number of aromatic nitrogens is 5. The fourth-order valence-electron chi connectivity index (χ4n) is 3.97. The maximum absolute atomic E-state index is 6.35. The fraction of sp³-hybridized carbons (Fsp3) is 0.421. The summed E-state index contributed by atoms with van der Waals surface area (Å²) in [4.78, 5) is 14.0. The third-order valence-electron chi connectivity index (χ3n) is 5.57. The molecule has 1 fully saturated rings. The van der Waals surface area contributed by atoms with E-state index in [9.17, 15) is 0 Å². The van der Waals surface area contributed by atoms with Crippen molar-refractivity contribution in [3.8, 4) is 17.1 Å². The molecular weight excluding hydrogens is 397 g/mol. The summed E-state index contributed by atoms with van der Waals surface area (Å²) >= 11 is 12.6. The van der Waals surface area contributed by atoms with Gasteiger partial charge in [-0.1, -0.05) is 30.1 Å². The normalized spacial score (nSPS) is 17.1. The molecule has 2 aliphatic rings. The molecule has 1 aromatic carbocycles. The lowest BCUT2D eigenvalue weighted by Crippen LogP contribution is -2.45. The fourth-order valence-corrected chi connectivity index (χ4v) is 4.34. The lowest BCUT2D eigenvalue weighted by atomic mass is 10.1.